The van der Waals surface area contributed by atoms with Crippen molar-refractivity contribution in [3.63, 3.8) is 0 Å². The molecule has 5 heteroatoms. The number of H-pyrrole nitrogens is 2. The van der Waals surface area contributed by atoms with Crippen LogP contribution in [0.4, 0.5) is 0 Å². The Hall–Kier alpha value is -1.55. The quantitative estimate of drug-likeness (QED) is 0.764. The molecule has 1 amide bonds. The van der Waals surface area contributed by atoms with E-state index in [1.165, 1.54) is 0 Å². The van der Waals surface area contributed by atoms with Crippen LogP contribution in [0, 0.1) is 0 Å². The molecule has 2 rings (SSSR count). The molecule has 0 aliphatic heterocycles. The number of benzene rings is 1. The normalized spacial score (nSPS) is 10.6. The van der Waals surface area contributed by atoms with E-state index in [0.717, 1.165) is 23.3 Å². The van der Waals surface area contributed by atoms with Crippen molar-refractivity contribution < 1.29 is 9.78 Å². The van der Waals surface area contributed by atoms with Crippen molar-refractivity contribution in [2.24, 2.45) is 0 Å². The molecule has 0 atom stereocenters. The number of nitrogens with one attached hydrogen (secondary N) is 3. The summed E-state index contributed by atoms with van der Waals surface area (Å²) >= 11 is 5.37. The number of carbonyl (C=O) groups excluding carboxylic acids is 1. The van der Waals surface area contributed by atoms with Crippen LogP contribution in [0.15, 0.2) is 24.3 Å². The van der Waals surface area contributed by atoms with Crippen molar-refractivity contribution in [2.75, 3.05) is 12.4 Å². The van der Waals surface area contributed by atoms with E-state index in [1.807, 2.05) is 24.3 Å². The van der Waals surface area contributed by atoms with Gasteiger partial charge in [0.15, 0.2) is 11.0 Å². The number of imidazole rings is 1. The number of hydrogen-bond donors (Lipinski definition) is 2. The molecule has 0 saturated heterocycles. The second-order valence-corrected chi connectivity index (χ2v) is 3.77. The number of alkyl halides is 1. The lowest BCUT2D eigenvalue weighted by Gasteiger charge is -1.97. The van der Waals surface area contributed by atoms with Gasteiger partial charge in [-0.25, -0.2) is 9.97 Å². The Morgan fingerprint density at radius 1 is 1.44 bits per heavy atom. The molecule has 2 aromatic rings. The number of hydrogen-bond acceptors (Lipinski definition) is 1. The van der Waals surface area contributed by atoms with Gasteiger partial charge >= 0.3 is 0 Å². The number of rotatable bonds is 4. The molecule has 84 valence electrons. The Bertz CT molecular complexity index is 462. The minimum absolute atomic E-state index is 0.0103. The molecular weight excluding hydrogens is 226 g/mol. The topological polar surface area (TPSA) is 59.0 Å². The molecule has 4 nitrogen and oxygen atoms in total. The maximum Gasteiger partial charge on any atom is 0.254 e. The van der Waals surface area contributed by atoms with E-state index in [1.54, 1.807) is 0 Å². The second-order valence-electron chi connectivity index (χ2n) is 3.51. The van der Waals surface area contributed by atoms with E-state index in [4.69, 9.17) is 11.6 Å². The summed E-state index contributed by atoms with van der Waals surface area (Å²) in [6.07, 6.45) is 0.733. The van der Waals surface area contributed by atoms with E-state index in [-0.39, 0.29) is 11.8 Å². The van der Waals surface area contributed by atoms with Gasteiger partial charge in [-0.05, 0) is 12.1 Å². The van der Waals surface area contributed by atoms with Crippen LogP contribution in [-0.2, 0) is 11.2 Å². The van der Waals surface area contributed by atoms with Gasteiger partial charge in [-0.2, -0.15) is 0 Å². The Morgan fingerprint density at radius 2 is 2.25 bits per heavy atom. The summed E-state index contributed by atoms with van der Waals surface area (Å²) in [4.78, 5) is 17.4. The highest BCUT2D eigenvalue weighted by molar-refractivity contribution is 6.27. The largest absolute Gasteiger partial charge is 0.354 e. The van der Waals surface area contributed by atoms with Gasteiger partial charge in [0.25, 0.3) is 5.82 Å². The first-order valence-electron chi connectivity index (χ1n) is 5.11. The fourth-order valence-corrected chi connectivity index (χ4v) is 1.65. The minimum Gasteiger partial charge on any atom is -0.354 e. The van der Waals surface area contributed by atoms with Crippen molar-refractivity contribution in [3.05, 3.63) is 30.1 Å². The molecule has 0 bridgehead atoms. The van der Waals surface area contributed by atoms with Gasteiger partial charge in [0.1, 0.15) is 5.88 Å². The third-order valence-corrected chi connectivity index (χ3v) is 2.56. The molecule has 16 heavy (non-hydrogen) atoms. The van der Waals surface area contributed by atoms with Crippen LogP contribution < -0.4 is 10.3 Å². The monoisotopic (exact) mass is 238 g/mol. The van der Waals surface area contributed by atoms with Crippen LogP contribution in [0.2, 0.25) is 0 Å². The average molecular weight is 239 g/mol. The summed E-state index contributed by atoms with van der Waals surface area (Å²) in [5.74, 6) is 0.866. The minimum atomic E-state index is -0.141. The van der Waals surface area contributed by atoms with Crippen molar-refractivity contribution in [2.45, 2.75) is 6.42 Å². The van der Waals surface area contributed by atoms with Gasteiger partial charge in [0.05, 0.1) is 6.42 Å². The van der Waals surface area contributed by atoms with Crippen LogP contribution in [-0.4, -0.2) is 23.3 Å². The Kier molecular flexibility index (Phi) is 3.41. The molecule has 0 saturated carbocycles. The first kappa shape index (κ1) is 11.0. The maximum absolute atomic E-state index is 10.9. The predicted octanol–water partition coefficient (Wildman–Crippen LogP) is 0.879. The molecule has 0 aliphatic rings. The average Bonchev–Trinajstić information content (AvgIpc) is 2.71. The van der Waals surface area contributed by atoms with Crippen LogP contribution in [0.25, 0.3) is 11.0 Å². The van der Waals surface area contributed by atoms with Gasteiger partial charge in [-0.1, -0.05) is 12.1 Å². The fourth-order valence-electron chi connectivity index (χ4n) is 1.56. The SMILES string of the molecule is O=C(CCl)NCCc1[nH]c2ccccc2[nH+]1. The number of aromatic amines is 2. The second kappa shape index (κ2) is 4.99. The number of halogens is 1. The highest BCUT2D eigenvalue weighted by atomic mass is 35.5. The zero-order valence-electron chi connectivity index (χ0n) is 8.72. The molecule has 1 aromatic heterocycles. The van der Waals surface area contributed by atoms with Crippen LogP contribution >= 0.6 is 11.6 Å². The summed E-state index contributed by atoms with van der Waals surface area (Å²) < 4.78 is 0. The van der Waals surface area contributed by atoms with Gasteiger partial charge in [-0.3, -0.25) is 4.79 Å². The number of para-hydroxylation sites is 2. The van der Waals surface area contributed by atoms with Crippen molar-refractivity contribution in [1.82, 2.24) is 10.3 Å². The lowest BCUT2D eigenvalue weighted by molar-refractivity contribution is -0.357. The number of aromatic nitrogens is 2. The predicted molar refractivity (Wildman–Crippen MR) is 62.3 cm³/mol. The van der Waals surface area contributed by atoms with Gasteiger partial charge in [0.2, 0.25) is 5.91 Å². The Labute approximate surface area is 98.0 Å². The molecule has 3 N–H and O–H groups in total. The summed E-state index contributed by atoms with van der Waals surface area (Å²) in [6.45, 7) is 0.578. The summed E-state index contributed by atoms with van der Waals surface area (Å²) in [7, 11) is 0. The molecular formula is C11H13ClN3O+. The van der Waals surface area contributed by atoms with E-state index in [0.29, 0.717) is 6.54 Å². The molecule has 0 unspecified atom stereocenters. The van der Waals surface area contributed by atoms with Crippen molar-refractivity contribution in [3.8, 4) is 0 Å². The standard InChI is InChI=1S/C11H12ClN3O/c12-7-11(16)13-6-5-10-14-8-3-1-2-4-9(8)15-10/h1-4H,5-7H2,(H,13,16)(H,14,15)/p+1. The van der Waals surface area contributed by atoms with Gasteiger partial charge in [0, 0.05) is 6.54 Å². The molecule has 1 heterocycles. The highest BCUT2D eigenvalue weighted by Gasteiger charge is 2.08. The third kappa shape index (κ3) is 2.52. The van der Waals surface area contributed by atoms with E-state index in [2.05, 4.69) is 15.3 Å². The van der Waals surface area contributed by atoms with Crippen LogP contribution in [0.1, 0.15) is 5.82 Å². The Morgan fingerprint density at radius 3 is 3.00 bits per heavy atom. The summed E-state index contributed by atoms with van der Waals surface area (Å²) in [5, 5.41) is 2.71. The summed E-state index contributed by atoms with van der Waals surface area (Å²) in [5.41, 5.74) is 2.14. The third-order valence-electron chi connectivity index (χ3n) is 2.32. The van der Waals surface area contributed by atoms with E-state index in [9.17, 15) is 4.79 Å². The fraction of sp³-hybridized carbons (Fsp3) is 0.273. The van der Waals surface area contributed by atoms with E-state index < -0.39 is 0 Å². The first-order chi connectivity index (χ1) is 7.79. The number of carbonyl (C=O) groups is 1. The number of fused-ring (bicyclic) bond motifs is 1. The molecule has 0 aliphatic carbocycles. The smallest absolute Gasteiger partial charge is 0.254 e. The number of amides is 1. The Balaban J connectivity index is 1.97. The highest BCUT2D eigenvalue weighted by Crippen LogP contribution is 2.05. The van der Waals surface area contributed by atoms with Crippen LogP contribution in [0.3, 0.4) is 0 Å². The van der Waals surface area contributed by atoms with Crippen molar-refractivity contribution in [1.29, 1.82) is 0 Å². The lowest BCUT2D eigenvalue weighted by Crippen LogP contribution is -2.27. The van der Waals surface area contributed by atoms with Gasteiger partial charge < -0.3 is 5.32 Å². The maximum atomic E-state index is 10.9. The van der Waals surface area contributed by atoms with Gasteiger partial charge in [-0.15, -0.1) is 11.6 Å². The van der Waals surface area contributed by atoms with E-state index >= 15 is 0 Å². The molecule has 0 spiro atoms. The summed E-state index contributed by atoms with van der Waals surface area (Å²) in [6, 6.07) is 7.97. The van der Waals surface area contributed by atoms with Crippen LogP contribution in [0.5, 0.6) is 0 Å². The zero-order valence-corrected chi connectivity index (χ0v) is 9.47. The molecule has 0 radical (unpaired) electrons. The molecule has 0 fully saturated rings. The molecule has 1 aromatic carbocycles. The zero-order chi connectivity index (χ0) is 11.4. The first-order valence-corrected chi connectivity index (χ1v) is 5.64. The lowest BCUT2D eigenvalue weighted by atomic mass is 10.3. The van der Waals surface area contributed by atoms with Crippen molar-refractivity contribution >= 4 is 28.5 Å².